The summed E-state index contributed by atoms with van der Waals surface area (Å²) >= 11 is 0. The summed E-state index contributed by atoms with van der Waals surface area (Å²) in [5.74, 6) is -1.05. The minimum atomic E-state index is -1.89. The zero-order valence-corrected chi connectivity index (χ0v) is 17.2. The molecular weight excluding hydrogens is 356 g/mol. The summed E-state index contributed by atoms with van der Waals surface area (Å²) in [5, 5.41) is 10.8. The normalized spacial score (nSPS) is 12.7. The third-order valence-corrected chi connectivity index (χ3v) is 3.69. The Hall–Kier alpha value is -2.50. The minimum absolute atomic E-state index is 0.357. The molecule has 0 aliphatic heterocycles. The number of hydrogen-bond donors (Lipinski definition) is 1. The van der Waals surface area contributed by atoms with E-state index in [9.17, 15) is 14.7 Å². The molecule has 0 bridgehead atoms. The van der Waals surface area contributed by atoms with E-state index in [4.69, 9.17) is 9.47 Å². The van der Waals surface area contributed by atoms with Crippen LogP contribution in [0.1, 0.15) is 50.5 Å². The fourth-order valence-corrected chi connectivity index (χ4v) is 2.57. The van der Waals surface area contributed by atoms with Crippen molar-refractivity contribution in [1.82, 2.24) is 0 Å². The van der Waals surface area contributed by atoms with Crippen molar-refractivity contribution in [3.63, 3.8) is 0 Å². The lowest BCUT2D eigenvalue weighted by Crippen LogP contribution is -2.41. The van der Waals surface area contributed by atoms with Crippen molar-refractivity contribution in [1.29, 1.82) is 0 Å². The zero-order chi connectivity index (χ0) is 21.2. The molecule has 2 rings (SSSR count). The largest absolute Gasteiger partial charge is 0.462 e. The Morgan fingerprint density at radius 2 is 1.36 bits per heavy atom. The van der Waals surface area contributed by atoms with Gasteiger partial charge >= 0.3 is 5.97 Å². The molecule has 0 heterocycles. The van der Waals surface area contributed by atoms with Crippen LogP contribution in [-0.2, 0) is 19.9 Å². The smallest absolute Gasteiger partial charge is 0.302 e. The number of esters is 1. The molecule has 0 saturated heterocycles. The molecule has 0 amide bonds. The van der Waals surface area contributed by atoms with Crippen molar-refractivity contribution in [3.8, 4) is 0 Å². The van der Waals surface area contributed by atoms with Crippen molar-refractivity contribution >= 4 is 11.8 Å². The number of carbonyl (C=O) groups is 2. The molecule has 1 atom stereocenters. The molecule has 5 heteroatoms. The number of ketones is 1. The highest BCUT2D eigenvalue weighted by molar-refractivity contribution is 6.03. The van der Waals surface area contributed by atoms with Crippen LogP contribution in [-0.4, -0.2) is 35.7 Å². The number of ether oxygens (including phenoxy) is 2. The third kappa shape index (κ3) is 7.62. The van der Waals surface area contributed by atoms with Gasteiger partial charge in [-0.2, -0.15) is 0 Å². The lowest BCUT2D eigenvalue weighted by atomic mass is 9.86. The summed E-state index contributed by atoms with van der Waals surface area (Å²) in [7, 11) is 0. The number of rotatable bonds is 7. The first-order valence-corrected chi connectivity index (χ1v) is 9.33. The molecule has 0 saturated carbocycles. The van der Waals surface area contributed by atoms with E-state index >= 15 is 0 Å². The van der Waals surface area contributed by atoms with Gasteiger partial charge in [0.15, 0.2) is 5.60 Å². The van der Waals surface area contributed by atoms with E-state index in [1.54, 1.807) is 60.7 Å². The van der Waals surface area contributed by atoms with Gasteiger partial charge in [-0.25, -0.2) is 0 Å². The predicted octanol–water partition coefficient (Wildman–Crippen LogP) is 4.14. The zero-order valence-electron chi connectivity index (χ0n) is 17.2. The monoisotopic (exact) mass is 386 g/mol. The Bertz CT molecular complexity index is 719. The molecule has 0 radical (unpaired) electrons. The Morgan fingerprint density at radius 1 is 0.893 bits per heavy atom. The molecule has 2 aromatic rings. The Morgan fingerprint density at radius 3 is 1.75 bits per heavy atom. The van der Waals surface area contributed by atoms with Gasteiger partial charge < -0.3 is 14.6 Å². The van der Waals surface area contributed by atoms with Gasteiger partial charge in [0, 0.05) is 12.5 Å². The maximum atomic E-state index is 12.6. The first-order valence-electron chi connectivity index (χ1n) is 9.33. The van der Waals surface area contributed by atoms with E-state index in [1.165, 1.54) is 6.92 Å². The number of benzene rings is 2. The molecule has 0 aliphatic rings. The number of aliphatic hydroxyl groups is 1. The average molecular weight is 386 g/mol. The van der Waals surface area contributed by atoms with Crippen molar-refractivity contribution in [2.45, 2.75) is 52.4 Å². The van der Waals surface area contributed by atoms with Crippen LogP contribution in [0.5, 0.6) is 0 Å². The van der Waals surface area contributed by atoms with Crippen LogP contribution in [0.15, 0.2) is 60.7 Å². The highest BCUT2D eigenvalue weighted by Gasteiger charge is 2.39. The van der Waals surface area contributed by atoms with Gasteiger partial charge in [-0.15, -0.1) is 0 Å². The maximum Gasteiger partial charge on any atom is 0.302 e. The molecular formula is C23H30O5. The fourth-order valence-electron chi connectivity index (χ4n) is 2.57. The van der Waals surface area contributed by atoms with Crippen LogP contribution in [0.4, 0.5) is 0 Å². The Balaban J connectivity index is 0.000000480. The van der Waals surface area contributed by atoms with E-state index in [2.05, 4.69) is 0 Å². The van der Waals surface area contributed by atoms with Gasteiger partial charge in [0.2, 0.25) is 5.78 Å². The average Bonchev–Trinajstić information content (AvgIpc) is 2.66. The Labute approximate surface area is 167 Å². The standard InChI is InChI=1S/C17H16O4.C6H14O/c1-13(18)21-12-17(20,15-10-6-3-7-11-15)16(19)14-8-4-2-5-9-14;1-5(2)7-6(3)4/h2-11,20H,12H2,1H3;5-6H,1-4H3. The van der Waals surface area contributed by atoms with Gasteiger partial charge in [-0.05, 0) is 33.3 Å². The minimum Gasteiger partial charge on any atom is -0.462 e. The molecule has 28 heavy (non-hydrogen) atoms. The van der Waals surface area contributed by atoms with Gasteiger partial charge in [0.25, 0.3) is 0 Å². The van der Waals surface area contributed by atoms with Crippen LogP contribution in [0.25, 0.3) is 0 Å². The molecule has 0 spiro atoms. The molecule has 152 valence electrons. The van der Waals surface area contributed by atoms with Gasteiger partial charge in [-0.1, -0.05) is 60.7 Å². The van der Waals surface area contributed by atoms with E-state index in [0.29, 0.717) is 23.3 Å². The van der Waals surface area contributed by atoms with Crippen LogP contribution in [0.3, 0.4) is 0 Å². The summed E-state index contributed by atoms with van der Waals surface area (Å²) in [6.45, 7) is 8.98. The van der Waals surface area contributed by atoms with Crippen molar-refractivity contribution in [3.05, 3.63) is 71.8 Å². The summed E-state index contributed by atoms with van der Waals surface area (Å²) in [6.07, 6.45) is 0.750. The first kappa shape index (κ1) is 23.5. The lowest BCUT2D eigenvalue weighted by molar-refractivity contribution is -0.146. The molecule has 0 fully saturated rings. The summed E-state index contributed by atoms with van der Waals surface area (Å²) in [4.78, 5) is 23.7. The maximum absolute atomic E-state index is 12.6. The fraction of sp³-hybridized carbons (Fsp3) is 0.391. The number of hydrogen-bond acceptors (Lipinski definition) is 5. The van der Waals surface area contributed by atoms with Crippen molar-refractivity contribution in [2.75, 3.05) is 6.61 Å². The molecule has 1 N–H and O–H groups in total. The SMILES string of the molecule is CC(=O)OCC(O)(C(=O)c1ccccc1)c1ccccc1.CC(C)OC(C)C. The highest BCUT2D eigenvalue weighted by Crippen LogP contribution is 2.26. The van der Waals surface area contributed by atoms with Gasteiger partial charge in [0.1, 0.15) is 6.61 Å². The molecule has 0 aliphatic carbocycles. The highest BCUT2D eigenvalue weighted by atomic mass is 16.5. The second kappa shape index (κ2) is 11.4. The van der Waals surface area contributed by atoms with Crippen LogP contribution < -0.4 is 0 Å². The summed E-state index contributed by atoms with van der Waals surface area (Å²) in [5.41, 5.74) is -1.15. The van der Waals surface area contributed by atoms with E-state index in [0.717, 1.165) is 0 Å². The van der Waals surface area contributed by atoms with Crippen LogP contribution >= 0.6 is 0 Å². The van der Waals surface area contributed by atoms with E-state index < -0.39 is 24.0 Å². The molecule has 1 unspecified atom stereocenters. The van der Waals surface area contributed by atoms with Gasteiger partial charge in [0.05, 0.1) is 12.2 Å². The van der Waals surface area contributed by atoms with E-state index in [1.807, 2.05) is 27.7 Å². The summed E-state index contributed by atoms with van der Waals surface area (Å²) < 4.78 is 10.1. The van der Waals surface area contributed by atoms with Gasteiger partial charge in [-0.3, -0.25) is 9.59 Å². The first-order chi connectivity index (χ1) is 13.2. The lowest BCUT2D eigenvalue weighted by Gasteiger charge is -2.26. The molecule has 2 aromatic carbocycles. The molecule has 0 aromatic heterocycles. The Kier molecular flexibility index (Phi) is 9.56. The number of carbonyl (C=O) groups excluding carboxylic acids is 2. The van der Waals surface area contributed by atoms with E-state index in [-0.39, 0.29) is 0 Å². The van der Waals surface area contributed by atoms with Crippen molar-refractivity contribution < 1.29 is 24.2 Å². The summed E-state index contributed by atoms with van der Waals surface area (Å²) in [6, 6.07) is 16.9. The quantitative estimate of drug-likeness (QED) is 0.572. The predicted molar refractivity (Wildman–Crippen MR) is 109 cm³/mol. The second-order valence-electron chi connectivity index (χ2n) is 6.94. The third-order valence-electron chi connectivity index (χ3n) is 3.69. The molecule has 5 nitrogen and oxygen atoms in total. The second-order valence-corrected chi connectivity index (χ2v) is 6.94. The topological polar surface area (TPSA) is 72.8 Å². The number of Topliss-reactive ketones (excluding diaryl/α,β-unsaturated/α-hetero) is 1. The van der Waals surface area contributed by atoms with Crippen LogP contribution in [0.2, 0.25) is 0 Å². The van der Waals surface area contributed by atoms with Crippen LogP contribution in [0, 0.1) is 0 Å². The van der Waals surface area contributed by atoms with Crippen molar-refractivity contribution in [2.24, 2.45) is 0 Å².